The van der Waals surface area contributed by atoms with Gasteiger partial charge >= 0.3 is 0 Å². The van der Waals surface area contributed by atoms with Crippen molar-refractivity contribution in [2.45, 2.75) is 13.0 Å². The third-order valence-electron chi connectivity index (χ3n) is 4.36. The lowest BCUT2D eigenvalue weighted by atomic mass is 9.95. The van der Waals surface area contributed by atoms with Crippen molar-refractivity contribution >= 4 is 11.9 Å². The monoisotopic (exact) mass is 347 g/mol. The summed E-state index contributed by atoms with van der Waals surface area (Å²) in [5.74, 6) is 0.694. The van der Waals surface area contributed by atoms with Crippen LogP contribution in [0.15, 0.2) is 65.9 Å². The lowest BCUT2D eigenvalue weighted by Crippen LogP contribution is -2.31. The van der Waals surface area contributed by atoms with Gasteiger partial charge in [0.25, 0.3) is 0 Å². The Morgan fingerprint density at radius 3 is 2.50 bits per heavy atom. The van der Waals surface area contributed by atoms with Gasteiger partial charge in [-0.25, -0.2) is 4.68 Å². The van der Waals surface area contributed by atoms with Crippen molar-refractivity contribution < 1.29 is 9.90 Å². The van der Waals surface area contributed by atoms with Crippen molar-refractivity contribution in [3.8, 4) is 17.1 Å². The number of phenolic OH excluding ortho intramolecular Hbond substituents is 1. The molecular weight excluding hydrogens is 330 g/mol. The number of amides is 1. The second kappa shape index (κ2) is 6.03. The van der Waals surface area contributed by atoms with E-state index in [1.54, 1.807) is 35.9 Å². The van der Waals surface area contributed by atoms with E-state index in [1.165, 1.54) is 0 Å². The molecule has 1 aliphatic rings. The van der Waals surface area contributed by atoms with E-state index in [-0.39, 0.29) is 5.75 Å². The predicted molar refractivity (Wildman–Crippen MR) is 97.2 cm³/mol. The molecule has 1 amide bonds. The minimum Gasteiger partial charge on any atom is -0.508 e. The number of nitrogens with zero attached hydrogens (tertiary/aromatic N) is 3. The van der Waals surface area contributed by atoms with Gasteiger partial charge < -0.3 is 16.2 Å². The maximum atomic E-state index is 12.1. The molecule has 0 radical (unpaired) electrons. The Balaban J connectivity index is 1.87. The molecule has 1 atom stereocenters. The second-order valence-electron chi connectivity index (χ2n) is 6.09. The number of anilines is 1. The summed E-state index contributed by atoms with van der Waals surface area (Å²) >= 11 is 0. The van der Waals surface area contributed by atoms with Crippen molar-refractivity contribution in [3.63, 3.8) is 0 Å². The number of hydrogen-bond acceptors (Lipinski definition) is 5. The highest BCUT2D eigenvalue weighted by Crippen LogP contribution is 2.35. The molecule has 0 saturated heterocycles. The molecule has 0 fully saturated rings. The molecule has 0 bridgehead atoms. The van der Waals surface area contributed by atoms with E-state index < -0.39 is 11.9 Å². The maximum Gasteiger partial charge on any atom is 0.248 e. The van der Waals surface area contributed by atoms with Crippen LogP contribution >= 0.6 is 0 Å². The van der Waals surface area contributed by atoms with E-state index in [4.69, 9.17) is 5.73 Å². The number of nitrogens with one attached hydrogen (secondary N) is 1. The molecule has 4 N–H and O–H groups in total. The number of phenols is 1. The normalized spacial score (nSPS) is 16.1. The Bertz CT molecular complexity index is 1010. The summed E-state index contributed by atoms with van der Waals surface area (Å²) in [6.45, 7) is 1.80. The van der Waals surface area contributed by atoms with Crippen LogP contribution in [0.5, 0.6) is 5.75 Å². The molecule has 26 heavy (non-hydrogen) atoms. The van der Waals surface area contributed by atoms with Crippen LogP contribution in [0.3, 0.4) is 0 Å². The maximum absolute atomic E-state index is 12.1. The first-order valence-corrected chi connectivity index (χ1v) is 8.13. The van der Waals surface area contributed by atoms with Gasteiger partial charge in [-0.2, -0.15) is 4.98 Å². The highest BCUT2D eigenvalue weighted by molar-refractivity contribution is 5.95. The van der Waals surface area contributed by atoms with E-state index in [0.29, 0.717) is 23.0 Å². The fourth-order valence-electron chi connectivity index (χ4n) is 3.15. The smallest absolute Gasteiger partial charge is 0.248 e. The topological polar surface area (TPSA) is 106 Å². The quantitative estimate of drug-likeness (QED) is 0.675. The van der Waals surface area contributed by atoms with E-state index in [1.807, 2.05) is 30.3 Å². The molecule has 2 aromatic carbocycles. The SMILES string of the molecule is CC1=C(C(N)=O)[C@H](c2ccccc2)n2nc(-c3ccc(O)cc3)nc2N1. The van der Waals surface area contributed by atoms with Gasteiger partial charge in [-0.3, -0.25) is 4.79 Å². The fourth-order valence-corrected chi connectivity index (χ4v) is 3.15. The molecule has 0 saturated carbocycles. The summed E-state index contributed by atoms with van der Waals surface area (Å²) in [5.41, 5.74) is 8.41. The Kier molecular flexibility index (Phi) is 3.69. The molecule has 3 aromatic rings. The average molecular weight is 347 g/mol. The first-order valence-electron chi connectivity index (χ1n) is 8.13. The van der Waals surface area contributed by atoms with Crippen molar-refractivity contribution in [3.05, 3.63) is 71.4 Å². The van der Waals surface area contributed by atoms with Crippen molar-refractivity contribution in [2.75, 3.05) is 5.32 Å². The summed E-state index contributed by atoms with van der Waals surface area (Å²) in [6, 6.07) is 15.8. The Morgan fingerprint density at radius 2 is 1.85 bits per heavy atom. The number of benzene rings is 2. The third-order valence-corrected chi connectivity index (χ3v) is 4.36. The minimum atomic E-state index is -0.504. The number of aromatic hydroxyl groups is 1. The van der Waals surface area contributed by atoms with Gasteiger partial charge in [0.15, 0.2) is 5.82 Å². The van der Waals surface area contributed by atoms with Crippen LogP contribution < -0.4 is 11.1 Å². The number of carbonyl (C=O) groups excluding carboxylic acids is 1. The summed E-state index contributed by atoms with van der Waals surface area (Å²) in [6.07, 6.45) is 0. The van der Waals surface area contributed by atoms with E-state index >= 15 is 0 Å². The molecular formula is C19H17N5O2. The van der Waals surface area contributed by atoms with Crippen LogP contribution in [0.25, 0.3) is 11.4 Å². The molecule has 1 aromatic heterocycles. The van der Waals surface area contributed by atoms with E-state index in [9.17, 15) is 9.90 Å². The lowest BCUT2D eigenvalue weighted by Gasteiger charge is -2.27. The molecule has 7 heteroatoms. The predicted octanol–water partition coefficient (Wildman–Crippen LogP) is 2.42. The molecule has 7 nitrogen and oxygen atoms in total. The van der Waals surface area contributed by atoms with Crippen LogP contribution in [0.2, 0.25) is 0 Å². The number of allylic oxidation sites excluding steroid dienone is 1. The van der Waals surface area contributed by atoms with Crippen LogP contribution in [0, 0.1) is 0 Å². The second-order valence-corrected chi connectivity index (χ2v) is 6.09. The molecule has 0 aliphatic carbocycles. The highest BCUT2D eigenvalue weighted by atomic mass is 16.3. The van der Waals surface area contributed by atoms with Gasteiger partial charge in [0.1, 0.15) is 11.8 Å². The lowest BCUT2D eigenvalue weighted by molar-refractivity contribution is -0.115. The first kappa shape index (κ1) is 15.9. The van der Waals surface area contributed by atoms with Gasteiger partial charge in [-0.05, 0) is 36.8 Å². The number of hydrogen-bond donors (Lipinski definition) is 3. The van der Waals surface area contributed by atoms with Gasteiger partial charge in [-0.1, -0.05) is 30.3 Å². The average Bonchev–Trinajstić information content (AvgIpc) is 3.05. The summed E-state index contributed by atoms with van der Waals surface area (Å²) in [4.78, 5) is 16.7. The van der Waals surface area contributed by atoms with Crippen molar-refractivity contribution in [1.82, 2.24) is 14.8 Å². The third kappa shape index (κ3) is 2.59. The molecule has 0 spiro atoms. The van der Waals surface area contributed by atoms with Crippen LogP contribution in [0.1, 0.15) is 18.5 Å². The van der Waals surface area contributed by atoms with E-state index in [2.05, 4.69) is 15.4 Å². The Labute approximate surface area is 149 Å². The van der Waals surface area contributed by atoms with E-state index in [0.717, 1.165) is 11.1 Å². The molecule has 1 aliphatic heterocycles. The summed E-state index contributed by atoms with van der Waals surface area (Å²) in [7, 11) is 0. The van der Waals surface area contributed by atoms with Gasteiger partial charge in [0.05, 0.1) is 5.57 Å². The number of rotatable bonds is 3. The zero-order chi connectivity index (χ0) is 18.3. The van der Waals surface area contributed by atoms with Gasteiger partial charge in [-0.15, -0.1) is 5.10 Å². The fraction of sp³-hybridized carbons (Fsp3) is 0.105. The van der Waals surface area contributed by atoms with Crippen molar-refractivity contribution in [1.29, 1.82) is 0 Å². The standard InChI is InChI=1S/C19H17N5O2/c1-11-15(17(20)26)16(12-5-3-2-4-6-12)24-19(21-11)22-18(23-24)13-7-9-14(25)10-8-13/h2-10,16,25H,1H3,(H2,20,26)(H,21,22,23)/t16-/m0/s1. The van der Waals surface area contributed by atoms with Gasteiger partial charge in [0.2, 0.25) is 11.9 Å². The number of carbonyl (C=O) groups is 1. The van der Waals surface area contributed by atoms with Crippen LogP contribution in [0.4, 0.5) is 5.95 Å². The number of primary amides is 1. The Hall–Kier alpha value is -3.61. The Morgan fingerprint density at radius 1 is 1.15 bits per heavy atom. The summed E-state index contributed by atoms with van der Waals surface area (Å²) in [5, 5.41) is 17.2. The minimum absolute atomic E-state index is 0.173. The molecule has 130 valence electrons. The number of aromatic nitrogens is 3. The van der Waals surface area contributed by atoms with Gasteiger partial charge in [0, 0.05) is 11.3 Å². The number of fused-ring (bicyclic) bond motifs is 1. The molecule has 4 rings (SSSR count). The van der Waals surface area contributed by atoms with Crippen LogP contribution in [-0.4, -0.2) is 25.8 Å². The zero-order valence-electron chi connectivity index (χ0n) is 14.0. The van der Waals surface area contributed by atoms with Crippen molar-refractivity contribution in [2.24, 2.45) is 5.73 Å². The molecule has 2 heterocycles. The summed E-state index contributed by atoms with van der Waals surface area (Å²) < 4.78 is 1.67. The first-order chi connectivity index (χ1) is 12.5. The largest absolute Gasteiger partial charge is 0.508 e. The molecule has 0 unspecified atom stereocenters. The zero-order valence-corrected chi connectivity index (χ0v) is 14.0. The van der Waals surface area contributed by atoms with Crippen LogP contribution in [-0.2, 0) is 4.79 Å². The number of nitrogens with two attached hydrogens (primary N) is 1. The highest BCUT2D eigenvalue weighted by Gasteiger charge is 2.33.